The van der Waals surface area contributed by atoms with Crippen LogP contribution in [0, 0.1) is 5.92 Å². The summed E-state index contributed by atoms with van der Waals surface area (Å²) in [6.45, 7) is 5.73. The Morgan fingerprint density at radius 2 is 1.77 bits per heavy atom. The summed E-state index contributed by atoms with van der Waals surface area (Å²) in [5, 5.41) is 2.81. The first-order chi connectivity index (χ1) is 14.0. The van der Waals surface area contributed by atoms with E-state index in [1.165, 1.54) is 6.07 Å². The monoisotopic (exact) mass is 422 g/mol. The van der Waals surface area contributed by atoms with Crippen molar-refractivity contribution in [1.82, 2.24) is 10.3 Å². The predicted octanol–water partition coefficient (Wildman–Crippen LogP) is 5.45. The van der Waals surface area contributed by atoms with Gasteiger partial charge in [-0.3, -0.25) is 0 Å². The minimum Gasteiger partial charge on any atom is -0.491 e. The lowest BCUT2D eigenvalue weighted by atomic mass is 9.81. The normalized spacial score (nSPS) is 19.0. The fraction of sp³-hybridized carbons (Fsp3) is 0.455. The number of hydrogen-bond donors (Lipinski definition) is 1. The van der Waals surface area contributed by atoms with Crippen LogP contribution >= 0.6 is 0 Å². The molecule has 1 aromatic heterocycles. The van der Waals surface area contributed by atoms with Crippen molar-refractivity contribution in [3.8, 4) is 17.0 Å². The van der Waals surface area contributed by atoms with E-state index in [1.807, 2.05) is 0 Å². The Morgan fingerprint density at radius 1 is 1.10 bits per heavy atom. The van der Waals surface area contributed by atoms with E-state index < -0.39 is 23.6 Å². The van der Waals surface area contributed by atoms with Crippen molar-refractivity contribution in [2.75, 3.05) is 6.61 Å². The summed E-state index contributed by atoms with van der Waals surface area (Å²) >= 11 is 0. The summed E-state index contributed by atoms with van der Waals surface area (Å²) in [4.78, 5) is 15.6. The van der Waals surface area contributed by atoms with Crippen LogP contribution in [0.5, 0.6) is 5.75 Å². The number of alkyl carbamates (subject to hydrolysis) is 1. The van der Waals surface area contributed by atoms with E-state index in [2.05, 4.69) is 10.3 Å². The van der Waals surface area contributed by atoms with Gasteiger partial charge in [0.15, 0.2) is 0 Å². The van der Waals surface area contributed by atoms with Gasteiger partial charge in [-0.25, -0.2) is 9.78 Å². The number of carbonyl (C=O) groups is 1. The quantitative estimate of drug-likeness (QED) is 0.696. The minimum absolute atomic E-state index is 0.00720. The van der Waals surface area contributed by atoms with Gasteiger partial charge in [-0.05, 0) is 51.7 Å². The molecule has 1 aromatic carbocycles. The fourth-order valence-corrected chi connectivity index (χ4v) is 3.20. The second-order valence-corrected chi connectivity index (χ2v) is 8.40. The van der Waals surface area contributed by atoms with Crippen LogP contribution in [0.2, 0.25) is 0 Å². The van der Waals surface area contributed by atoms with Gasteiger partial charge in [0, 0.05) is 11.6 Å². The molecule has 1 saturated carbocycles. The van der Waals surface area contributed by atoms with Crippen LogP contribution in [0.4, 0.5) is 18.0 Å². The summed E-state index contributed by atoms with van der Waals surface area (Å²) in [6, 6.07) is 10.9. The highest BCUT2D eigenvalue weighted by atomic mass is 19.4. The van der Waals surface area contributed by atoms with Crippen molar-refractivity contribution in [2.24, 2.45) is 5.92 Å². The number of hydrogen-bond acceptors (Lipinski definition) is 4. The minimum atomic E-state index is -4.53. The fourth-order valence-electron chi connectivity index (χ4n) is 3.20. The third-order valence-corrected chi connectivity index (χ3v) is 4.63. The number of nitrogens with zero attached hydrogens (tertiary/aromatic N) is 1. The lowest BCUT2D eigenvalue weighted by Crippen LogP contribution is -2.47. The molecule has 0 bridgehead atoms. The Hall–Kier alpha value is -2.77. The Morgan fingerprint density at radius 3 is 2.37 bits per heavy atom. The number of amides is 1. The molecule has 0 atom stereocenters. The van der Waals surface area contributed by atoms with Crippen LogP contribution in [-0.2, 0) is 10.9 Å². The first-order valence-corrected chi connectivity index (χ1v) is 9.77. The molecule has 8 heteroatoms. The van der Waals surface area contributed by atoms with Crippen molar-refractivity contribution in [3.63, 3.8) is 0 Å². The molecule has 1 fully saturated rings. The maximum Gasteiger partial charge on any atom is 0.433 e. The first-order valence-electron chi connectivity index (χ1n) is 9.77. The SMILES string of the molecule is CC(C)(C)OC(=O)NC1CC(COc2ccc(C(F)(F)F)nc2-c2ccccc2)C1. The van der Waals surface area contributed by atoms with Gasteiger partial charge < -0.3 is 14.8 Å². The summed E-state index contributed by atoms with van der Waals surface area (Å²) in [6.07, 6.45) is -3.55. The topological polar surface area (TPSA) is 60.5 Å². The third kappa shape index (κ3) is 5.87. The summed E-state index contributed by atoms with van der Waals surface area (Å²) in [7, 11) is 0. The number of halogens is 3. The van der Waals surface area contributed by atoms with Gasteiger partial charge in [0.05, 0.1) is 6.61 Å². The maximum absolute atomic E-state index is 13.1. The zero-order valence-electron chi connectivity index (χ0n) is 17.1. The van der Waals surface area contributed by atoms with Crippen molar-refractivity contribution < 1.29 is 27.4 Å². The molecule has 1 heterocycles. The number of benzene rings is 1. The molecular weight excluding hydrogens is 397 g/mol. The van der Waals surface area contributed by atoms with Crippen molar-refractivity contribution >= 4 is 6.09 Å². The number of alkyl halides is 3. The average Bonchev–Trinajstić information content (AvgIpc) is 2.62. The van der Waals surface area contributed by atoms with Crippen LogP contribution < -0.4 is 10.1 Å². The molecule has 0 radical (unpaired) electrons. The Kier molecular flexibility index (Phi) is 6.24. The molecule has 1 N–H and O–H groups in total. The van der Waals surface area contributed by atoms with E-state index in [4.69, 9.17) is 9.47 Å². The van der Waals surface area contributed by atoms with Gasteiger partial charge >= 0.3 is 12.3 Å². The summed E-state index contributed by atoms with van der Waals surface area (Å²) in [5.41, 5.74) is -0.802. The van der Waals surface area contributed by atoms with Crippen molar-refractivity contribution in [3.05, 3.63) is 48.2 Å². The third-order valence-electron chi connectivity index (χ3n) is 4.63. The summed E-state index contributed by atoms with van der Waals surface area (Å²) < 4.78 is 50.3. The molecule has 162 valence electrons. The number of carbonyl (C=O) groups excluding carboxylic acids is 1. The van der Waals surface area contributed by atoms with E-state index in [9.17, 15) is 18.0 Å². The number of nitrogens with one attached hydrogen (secondary N) is 1. The molecular formula is C22H25F3N2O3. The zero-order valence-corrected chi connectivity index (χ0v) is 17.1. The molecule has 0 saturated heterocycles. The molecule has 1 aliphatic rings. The molecule has 1 amide bonds. The van der Waals surface area contributed by atoms with Gasteiger partial charge in [0.1, 0.15) is 22.7 Å². The number of aromatic nitrogens is 1. The van der Waals surface area contributed by atoms with Gasteiger partial charge in [0.25, 0.3) is 0 Å². The van der Waals surface area contributed by atoms with E-state index in [0.717, 1.165) is 6.07 Å². The van der Waals surface area contributed by atoms with Crippen LogP contribution in [0.1, 0.15) is 39.3 Å². The van der Waals surface area contributed by atoms with Crippen LogP contribution in [-0.4, -0.2) is 29.3 Å². The highest BCUT2D eigenvalue weighted by Gasteiger charge is 2.34. The second-order valence-electron chi connectivity index (χ2n) is 8.40. The Balaban J connectivity index is 1.61. The highest BCUT2D eigenvalue weighted by molar-refractivity contribution is 5.68. The van der Waals surface area contributed by atoms with Gasteiger partial charge in [0.2, 0.25) is 0 Å². The van der Waals surface area contributed by atoms with Crippen molar-refractivity contribution in [1.29, 1.82) is 0 Å². The van der Waals surface area contributed by atoms with Gasteiger partial charge in [-0.2, -0.15) is 13.2 Å². The standard InChI is InChI=1S/C22H25F3N2O3/c1-21(2,3)30-20(28)26-16-11-14(12-16)13-29-17-9-10-18(22(23,24)25)27-19(17)15-7-5-4-6-8-15/h4-10,14,16H,11-13H2,1-3H3,(H,26,28). The number of rotatable bonds is 5. The molecule has 1 aliphatic carbocycles. The molecule has 2 aromatic rings. The van der Waals surface area contributed by atoms with Crippen LogP contribution in [0.25, 0.3) is 11.3 Å². The van der Waals surface area contributed by atoms with E-state index >= 15 is 0 Å². The highest BCUT2D eigenvalue weighted by Crippen LogP contribution is 2.35. The second kappa shape index (κ2) is 8.53. The van der Waals surface area contributed by atoms with E-state index in [-0.39, 0.29) is 17.7 Å². The van der Waals surface area contributed by atoms with Crippen LogP contribution in [0.15, 0.2) is 42.5 Å². The summed E-state index contributed by atoms with van der Waals surface area (Å²) in [5.74, 6) is 0.494. The first kappa shape index (κ1) is 21.9. The lowest BCUT2D eigenvalue weighted by molar-refractivity contribution is -0.141. The van der Waals surface area contributed by atoms with Crippen LogP contribution in [0.3, 0.4) is 0 Å². The molecule has 3 rings (SSSR count). The number of ether oxygens (including phenoxy) is 2. The largest absolute Gasteiger partial charge is 0.491 e. The smallest absolute Gasteiger partial charge is 0.433 e. The van der Waals surface area contributed by atoms with E-state index in [1.54, 1.807) is 51.1 Å². The van der Waals surface area contributed by atoms with Crippen molar-refractivity contribution in [2.45, 2.75) is 51.4 Å². The molecule has 30 heavy (non-hydrogen) atoms. The lowest BCUT2D eigenvalue weighted by Gasteiger charge is -2.36. The van der Waals surface area contributed by atoms with E-state index in [0.29, 0.717) is 30.8 Å². The number of pyridine rings is 1. The Bertz CT molecular complexity index is 873. The van der Waals surface area contributed by atoms with Gasteiger partial charge in [-0.15, -0.1) is 0 Å². The predicted molar refractivity (Wildman–Crippen MR) is 106 cm³/mol. The Labute approximate surface area is 173 Å². The van der Waals surface area contributed by atoms with Gasteiger partial charge in [-0.1, -0.05) is 30.3 Å². The molecule has 5 nitrogen and oxygen atoms in total. The molecule has 0 spiro atoms. The average molecular weight is 422 g/mol. The zero-order chi connectivity index (χ0) is 21.9. The molecule has 0 aliphatic heterocycles. The molecule has 0 unspecified atom stereocenters. The maximum atomic E-state index is 13.1.